The van der Waals surface area contributed by atoms with Gasteiger partial charge < -0.3 is 40.8 Å². The monoisotopic (exact) mass is 420 g/mol. The van der Waals surface area contributed by atoms with Crippen LogP contribution < -0.4 is 10.6 Å². The van der Waals surface area contributed by atoms with E-state index in [1.165, 1.54) is 19.3 Å². The van der Waals surface area contributed by atoms with E-state index in [-0.39, 0.29) is 33.0 Å². The lowest BCUT2D eigenvalue weighted by Gasteiger charge is -2.04. The van der Waals surface area contributed by atoms with Gasteiger partial charge in [-0.2, -0.15) is 0 Å². The first-order chi connectivity index (χ1) is 12.9. The second-order valence-corrected chi connectivity index (χ2v) is 6.73. The Balaban J connectivity index is -0.000000350. The summed E-state index contributed by atoms with van der Waals surface area (Å²) in [5, 5.41) is 38.2. The Kier molecular flexibility index (Phi) is 32.8. The molecule has 0 aliphatic heterocycles. The molecule has 0 radical (unpaired) electrons. The van der Waals surface area contributed by atoms with Gasteiger partial charge in [0.05, 0.1) is 33.0 Å². The molecule has 0 aromatic rings. The van der Waals surface area contributed by atoms with Gasteiger partial charge in [0.25, 0.3) is 0 Å². The SMILES string of the molecule is CCCCCCCCOP(=O)(O)O.OCCNCCO.OCCNCCO. The van der Waals surface area contributed by atoms with Gasteiger partial charge in [0.15, 0.2) is 0 Å². The van der Waals surface area contributed by atoms with Gasteiger partial charge in [0, 0.05) is 26.2 Å². The first-order valence-electron chi connectivity index (χ1n) is 9.44. The fourth-order valence-electron chi connectivity index (χ4n) is 1.63. The summed E-state index contributed by atoms with van der Waals surface area (Å²) in [4.78, 5) is 16.7. The Morgan fingerprint density at radius 2 is 1.07 bits per heavy atom. The molecule has 168 valence electrons. The van der Waals surface area contributed by atoms with Gasteiger partial charge in [-0.3, -0.25) is 4.52 Å². The molecule has 0 bridgehead atoms. The molecule has 0 spiro atoms. The van der Waals surface area contributed by atoms with Crippen LogP contribution in [0.15, 0.2) is 0 Å². The smallest absolute Gasteiger partial charge is 0.395 e. The summed E-state index contributed by atoms with van der Waals surface area (Å²) >= 11 is 0. The molecule has 10 nitrogen and oxygen atoms in total. The first kappa shape index (κ1) is 31.6. The highest BCUT2D eigenvalue weighted by Crippen LogP contribution is 2.35. The second kappa shape index (κ2) is 28.1. The van der Waals surface area contributed by atoms with Gasteiger partial charge in [-0.25, -0.2) is 4.57 Å². The fourth-order valence-corrected chi connectivity index (χ4v) is 2.00. The predicted molar refractivity (Wildman–Crippen MR) is 105 cm³/mol. The summed E-state index contributed by atoms with van der Waals surface area (Å²) in [6.45, 7) is 5.15. The molecule has 11 heteroatoms. The lowest BCUT2D eigenvalue weighted by molar-refractivity contribution is 0.193. The zero-order valence-electron chi connectivity index (χ0n) is 16.6. The standard InChI is InChI=1S/C8H19O4P.2C4H11NO2/c1-2-3-4-5-6-7-8-12-13(9,10)11;2*6-3-1-5-2-4-7/h2-8H2,1H3,(H2,9,10,11);2*5-7H,1-4H2. The minimum absolute atomic E-state index is 0.139. The van der Waals surface area contributed by atoms with Gasteiger partial charge in [0.1, 0.15) is 0 Å². The maximum absolute atomic E-state index is 10.2. The number of phosphoric acid groups is 1. The minimum atomic E-state index is -4.23. The maximum atomic E-state index is 10.2. The van der Waals surface area contributed by atoms with E-state index in [0.717, 1.165) is 19.3 Å². The Morgan fingerprint density at radius 1 is 0.704 bits per heavy atom. The molecule has 0 aliphatic rings. The van der Waals surface area contributed by atoms with E-state index in [2.05, 4.69) is 22.1 Å². The van der Waals surface area contributed by atoms with Crippen LogP contribution in [0.3, 0.4) is 0 Å². The van der Waals surface area contributed by atoms with Crippen molar-refractivity contribution in [1.82, 2.24) is 10.6 Å². The van der Waals surface area contributed by atoms with Crippen molar-refractivity contribution in [1.29, 1.82) is 0 Å². The second-order valence-electron chi connectivity index (χ2n) is 5.49. The van der Waals surface area contributed by atoms with Crippen molar-refractivity contribution in [2.45, 2.75) is 45.4 Å². The van der Waals surface area contributed by atoms with Crippen LogP contribution >= 0.6 is 7.82 Å². The zero-order valence-corrected chi connectivity index (χ0v) is 17.4. The summed E-state index contributed by atoms with van der Waals surface area (Å²) in [6, 6.07) is 0. The van der Waals surface area contributed by atoms with Crippen LogP contribution in [-0.2, 0) is 9.09 Å². The van der Waals surface area contributed by atoms with Crippen molar-refractivity contribution >= 4 is 7.82 Å². The van der Waals surface area contributed by atoms with Crippen molar-refractivity contribution in [2.75, 3.05) is 59.2 Å². The van der Waals surface area contributed by atoms with Crippen LogP contribution in [0.1, 0.15) is 45.4 Å². The van der Waals surface area contributed by atoms with Gasteiger partial charge in [-0.05, 0) is 6.42 Å². The van der Waals surface area contributed by atoms with Crippen molar-refractivity contribution in [2.24, 2.45) is 0 Å². The van der Waals surface area contributed by atoms with Gasteiger partial charge >= 0.3 is 7.82 Å². The summed E-state index contributed by atoms with van der Waals surface area (Å²) in [5.41, 5.74) is 0. The average molecular weight is 420 g/mol. The van der Waals surface area contributed by atoms with E-state index in [0.29, 0.717) is 26.2 Å². The Hall–Kier alpha value is -0.130. The first-order valence-corrected chi connectivity index (χ1v) is 11.0. The van der Waals surface area contributed by atoms with E-state index < -0.39 is 7.82 Å². The summed E-state index contributed by atoms with van der Waals surface area (Å²) in [7, 11) is -4.23. The Bertz CT molecular complexity index is 278. The van der Waals surface area contributed by atoms with Crippen LogP contribution in [-0.4, -0.2) is 89.4 Å². The van der Waals surface area contributed by atoms with E-state index >= 15 is 0 Å². The van der Waals surface area contributed by atoms with E-state index in [4.69, 9.17) is 30.2 Å². The van der Waals surface area contributed by atoms with E-state index in [1.54, 1.807) is 0 Å². The third-order valence-corrected chi connectivity index (χ3v) is 3.43. The largest absolute Gasteiger partial charge is 0.469 e. The normalized spacial score (nSPS) is 10.6. The zero-order chi connectivity index (χ0) is 21.2. The third-order valence-electron chi connectivity index (χ3n) is 2.91. The number of unbranched alkanes of at least 4 members (excludes halogenated alkanes) is 5. The Morgan fingerprint density at radius 3 is 1.41 bits per heavy atom. The topological polar surface area (TPSA) is 172 Å². The number of aliphatic hydroxyl groups is 4. The highest BCUT2D eigenvalue weighted by molar-refractivity contribution is 7.46. The predicted octanol–water partition coefficient (Wildman–Crippen LogP) is -0.423. The molecule has 0 fully saturated rings. The molecule has 0 rings (SSSR count). The molecule has 0 aliphatic carbocycles. The van der Waals surface area contributed by atoms with Crippen molar-refractivity contribution in [3.05, 3.63) is 0 Å². The summed E-state index contributed by atoms with van der Waals surface area (Å²) in [6.07, 6.45) is 6.48. The minimum Gasteiger partial charge on any atom is -0.395 e. The molecule has 0 amide bonds. The molecule has 27 heavy (non-hydrogen) atoms. The molecule has 0 saturated heterocycles. The van der Waals surface area contributed by atoms with E-state index in [1.807, 2.05) is 0 Å². The lowest BCUT2D eigenvalue weighted by Crippen LogP contribution is -2.21. The Labute approximate surface area is 163 Å². The number of rotatable bonds is 16. The number of nitrogens with one attached hydrogen (secondary N) is 2. The van der Waals surface area contributed by atoms with Crippen LogP contribution in [0.5, 0.6) is 0 Å². The maximum Gasteiger partial charge on any atom is 0.469 e. The number of phosphoric ester groups is 1. The average Bonchev–Trinajstić information content (AvgIpc) is 2.62. The highest BCUT2D eigenvalue weighted by atomic mass is 31.2. The number of hydrogen-bond donors (Lipinski definition) is 8. The fraction of sp³-hybridized carbons (Fsp3) is 1.00. The molecule has 0 atom stereocenters. The molecule has 0 heterocycles. The number of hydrogen-bond acceptors (Lipinski definition) is 8. The van der Waals surface area contributed by atoms with Gasteiger partial charge in [0.2, 0.25) is 0 Å². The summed E-state index contributed by atoms with van der Waals surface area (Å²) < 4.78 is 14.5. The quantitative estimate of drug-likeness (QED) is 0.121. The van der Waals surface area contributed by atoms with Crippen LogP contribution in [0, 0.1) is 0 Å². The molecule has 0 saturated carbocycles. The molecular weight excluding hydrogens is 379 g/mol. The number of aliphatic hydroxyl groups excluding tert-OH is 4. The van der Waals surface area contributed by atoms with Crippen LogP contribution in [0.25, 0.3) is 0 Å². The van der Waals surface area contributed by atoms with E-state index in [9.17, 15) is 4.57 Å². The van der Waals surface area contributed by atoms with Crippen LogP contribution in [0.4, 0.5) is 0 Å². The molecule has 8 N–H and O–H groups in total. The van der Waals surface area contributed by atoms with Crippen molar-refractivity contribution < 1.29 is 39.3 Å². The van der Waals surface area contributed by atoms with Gasteiger partial charge in [-0.15, -0.1) is 0 Å². The highest BCUT2D eigenvalue weighted by Gasteiger charge is 2.12. The molecule has 0 unspecified atom stereocenters. The third kappa shape index (κ3) is 46.2. The summed E-state index contributed by atoms with van der Waals surface area (Å²) in [5.74, 6) is 0. The molecule has 0 aromatic carbocycles. The van der Waals surface area contributed by atoms with Crippen molar-refractivity contribution in [3.8, 4) is 0 Å². The van der Waals surface area contributed by atoms with Crippen LogP contribution in [0.2, 0.25) is 0 Å². The lowest BCUT2D eigenvalue weighted by atomic mass is 10.1. The molecule has 0 aromatic heterocycles. The molecular formula is C16H41N2O8P. The van der Waals surface area contributed by atoms with Gasteiger partial charge in [-0.1, -0.05) is 39.0 Å². The van der Waals surface area contributed by atoms with Crippen molar-refractivity contribution in [3.63, 3.8) is 0 Å².